The zero-order valence-corrected chi connectivity index (χ0v) is 18.8. The molecule has 0 saturated heterocycles. The van der Waals surface area contributed by atoms with Crippen molar-refractivity contribution in [2.45, 2.75) is 5.75 Å². The molecule has 0 radical (unpaired) electrons. The molecule has 0 aliphatic heterocycles. The third-order valence-electron chi connectivity index (χ3n) is 4.52. The average molecular weight is 465 g/mol. The lowest BCUT2D eigenvalue weighted by atomic mass is 10.1. The first-order valence-electron chi connectivity index (χ1n) is 9.67. The molecule has 0 atom stereocenters. The fourth-order valence-electron chi connectivity index (χ4n) is 3.01. The number of nitrogens with zero attached hydrogens (tertiary/aromatic N) is 2. The highest BCUT2D eigenvalue weighted by Gasteiger charge is 2.09. The van der Waals surface area contributed by atoms with Gasteiger partial charge in [-0.1, -0.05) is 12.1 Å². The van der Waals surface area contributed by atoms with Crippen molar-refractivity contribution in [1.82, 2.24) is 9.97 Å². The van der Waals surface area contributed by atoms with E-state index in [1.807, 2.05) is 29.6 Å². The minimum absolute atomic E-state index is 0.0491. The Morgan fingerprint density at radius 1 is 0.938 bits per heavy atom. The molecule has 9 heteroatoms. The molecule has 0 aliphatic rings. The first-order valence-corrected chi connectivity index (χ1v) is 12.6. The Bertz CT molecular complexity index is 1320. The second-order valence-corrected chi connectivity index (χ2v) is 10.2. The van der Waals surface area contributed by atoms with Crippen molar-refractivity contribution in [3.63, 3.8) is 0 Å². The molecule has 2 aromatic heterocycles. The predicted octanol–water partition coefficient (Wildman–Crippen LogP) is 4.75. The van der Waals surface area contributed by atoms with E-state index in [1.54, 1.807) is 48.8 Å². The highest BCUT2D eigenvalue weighted by atomic mass is 32.2. The third kappa shape index (κ3) is 5.77. The largest absolute Gasteiger partial charge is 0.332 e. The van der Waals surface area contributed by atoms with E-state index >= 15 is 0 Å². The summed E-state index contributed by atoms with van der Waals surface area (Å²) in [5.41, 5.74) is 4.49. The standard InChI is InChI=1S/C23H20N4O3S2/c1-32(29,30)15-16-2-4-18(5-3-16)22(28)25-19-6-8-20(9-7-19)26-23-27-21(14-31-23)17-10-12-24-13-11-17/h2-14H,15H2,1H3,(H,25,28)(H,26,27). The van der Waals surface area contributed by atoms with Crippen LogP contribution in [-0.4, -0.2) is 30.5 Å². The minimum atomic E-state index is -3.11. The van der Waals surface area contributed by atoms with Gasteiger partial charge in [-0.2, -0.15) is 0 Å². The van der Waals surface area contributed by atoms with Crippen molar-refractivity contribution < 1.29 is 13.2 Å². The van der Waals surface area contributed by atoms with Crippen LogP contribution >= 0.6 is 11.3 Å². The highest BCUT2D eigenvalue weighted by Crippen LogP contribution is 2.27. The summed E-state index contributed by atoms with van der Waals surface area (Å²) in [6, 6.07) is 17.7. The molecule has 2 N–H and O–H groups in total. The summed E-state index contributed by atoms with van der Waals surface area (Å²) in [6.45, 7) is 0. The van der Waals surface area contributed by atoms with Gasteiger partial charge in [-0.05, 0) is 54.1 Å². The van der Waals surface area contributed by atoms with Gasteiger partial charge in [0.15, 0.2) is 15.0 Å². The van der Waals surface area contributed by atoms with Crippen molar-refractivity contribution >= 4 is 43.6 Å². The van der Waals surface area contributed by atoms with Crippen LogP contribution in [0.2, 0.25) is 0 Å². The van der Waals surface area contributed by atoms with Gasteiger partial charge in [-0.15, -0.1) is 11.3 Å². The molecule has 1 amide bonds. The number of anilines is 3. The zero-order valence-electron chi connectivity index (χ0n) is 17.1. The Morgan fingerprint density at radius 3 is 2.25 bits per heavy atom. The number of amides is 1. The quantitative estimate of drug-likeness (QED) is 0.409. The molecular formula is C23H20N4O3S2. The van der Waals surface area contributed by atoms with Crippen LogP contribution in [0.4, 0.5) is 16.5 Å². The molecule has 0 bridgehead atoms. The van der Waals surface area contributed by atoms with Crippen LogP contribution in [0, 0.1) is 0 Å². The van der Waals surface area contributed by atoms with Crippen LogP contribution < -0.4 is 10.6 Å². The Balaban J connectivity index is 1.37. The number of carbonyl (C=O) groups is 1. The van der Waals surface area contributed by atoms with Crippen molar-refractivity contribution in [3.8, 4) is 11.3 Å². The lowest BCUT2D eigenvalue weighted by molar-refractivity contribution is 0.102. The van der Waals surface area contributed by atoms with Gasteiger partial charge in [-0.3, -0.25) is 9.78 Å². The second kappa shape index (κ2) is 9.29. The van der Waals surface area contributed by atoms with E-state index < -0.39 is 9.84 Å². The van der Waals surface area contributed by atoms with Crippen molar-refractivity contribution in [1.29, 1.82) is 0 Å². The average Bonchev–Trinajstić information content (AvgIpc) is 3.24. The van der Waals surface area contributed by atoms with Gasteiger partial charge in [0.2, 0.25) is 0 Å². The van der Waals surface area contributed by atoms with Crippen LogP contribution in [0.5, 0.6) is 0 Å². The molecule has 0 saturated carbocycles. The first kappa shape index (κ1) is 21.7. The maximum Gasteiger partial charge on any atom is 0.255 e. The van der Waals surface area contributed by atoms with Crippen LogP contribution in [0.1, 0.15) is 15.9 Å². The van der Waals surface area contributed by atoms with E-state index in [-0.39, 0.29) is 11.7 Å². The van der Waals surface area contributed by atoms with Gasteiger partial charge in [0.05, 0.1) is 11.4 Å². The second-order valence-electron chi connectivity index (χ2n) is 7.20. The van der Waals surface area contributed by atoms with Crippen molar-refractivity contribution in [2.24, 2.45) is 0 Å². The number of carbonyl (C=O) groups excluding carboxylic acids is 1. The van der Waals surface area contributed by atoms with Crippen LogP contribution in [0.15, 0.2) is 78.4 Å². The summed E-state index contributed by atoms with van der Waals surface area (Å²) in [6.07, 6.45) is 4.65. The van der Waals surface area contributed by atoms with E-state index in [1.165, 1.54) is 17.6 Å². The van der Waals surface area contributed by atoms with Gasteiger partial charge in [0.1, 0.15) is 0 Å². The van der Waals surface area contributed by atoms with Crippen LogP contribution in [-0.2, 0) is 15.6 Å². The van der Waals surface area contributed by atoms with Gasteiger partial charge >= 0.3 is 0 Å². The fourth-order valence-corrected chi connectivity index (χ4v) is 4.54. The molecule has 32 heavy (non-hydrogen) atoms. The summed E-state index contributed by atoms with van der Waals surface area (Å²) < 4.78 is 22.8. The van der Waals surface area contributed by atoms with Crippen LogP contribution in [0.3, 0.4) is 0 Å². The maximum atomic E-state index is 12.5. The summed E-state index contributed by atoms with van der Waals surface area (Å²) in [5, 5.41) is 8.85. The number of nitrogens with one attached hydrogen (secondary N) is 2. The molecule has 7 nitrogen and oxygen atoms in total. The van der Waals surface area contributed by atoms with E-state index in [4.69, 9.17) is 0 Å². The number of aromatic nitrogens is 2. The molecule has 2 aromatic carbocycles. The normalized spacial score (nSPS) is 11.2. The van der Waals surface area contributed by atoms with Gasteiger partial charge in [-0.25, -0.2) is 13.4 Å². The van der Waals surface area contributed by atoms with Crippen LogP contribution in [0.25, 0.3) is 11.3 Å². The Hall–Kier alpha value is -3.56. The number of benzene rings is 2. The van der Waals surface area contributed by atoms with Gasteiger partial charge in [0, 0.05) is 46.5 Å². The van der Waals surface area contributed by atoms with E-state index in [0.717, 1.165) is 22.1 Å². The molecule has 162 valence electrons. The Kier molecular flexibility index (Phi) is 6.29. The SMILES string of the molecule is CS(=O)(=O)Cc1ccc(C(=O)Nc2ccc(Nc3nc(-c4ccncc4)cs3)cc2)cc1. The zero-order chi connectivity index (χ0) is 22.6. The molecular weight excluding hydrogens is 444 g/mol. The summed E-state index contributed by atoms with van der Waals surface area (Å²) >= 11 is 1.51. The van der Waals surface area contributed by atoms with E-state index in [2.05, 4.69) is 20.6 Å². The molecule has 0 unspecified atom stereocenters. The van der Waals surface area contributed by atoms with E-state index in [9.17, 15) is 13.2 Å². The molecule has 2 heterocycles. The smallest absolute Gasteiger partial charge is 0.255 e. The third-order valence-corrected chi connectivity index (χ3v) is 6.13. The predicted molar refractivity (Wildman–Crippen MR) is 128 cm³/mol. The maximum absolute atomic E-state index is 12.5. The number of pyridine rings is 1. The Labute approximate surface area is 190 Å². The van der Waals surface area contributed by atoms with Gasteiger partial charge < -0.3 is 10.6 Å². The summed E-state index contributed by atoms with van der Waals surface area (Å²) in [4.78, 5) is 21.1. The lowest BCUT2D eigenvalue weighted by Crippen LogP contribution is -2.12. The summed E-state index contributed by atoms with van der Waals surface area (Å²) in [5.74, 6) is -0.314. The topological polar surface area (TPSA) is 101 Å². The number of sulfone groups is 1. The number of hydrogen-bond acceptors (Lipinski definition) is 7. The van der Waals surface area contributed by atoms with E-state index in [0.29, 0.717) is 16.8 Å². The molecule has 4 rings (SSSR count). The number of thiazole rings is 1. The first-order chi connectivity index (χ1) is 15.4. The lowest BCUT2D eigenvalue weighted by Gasteiger charge is -2.08. The minimum Gasteiger partial charge on any atom is -0.332 e. The fraction of sp³-hybridized carbons (Fsp3) is 0.0870. The van der Waals surface area contributed by atoms with Crippen molar-refractivity contribution in [2.75, 3.05) is 16.9 Å². The molecule has 4 aromatic rings. The number of rotatable bonds is 7. The molecule has 0 aliphatic carbocycles. The van der Waals surface area contributed by atoms with Gasteiger partial charge in [0.25, 0.3) is 5.91 Å². The number of hydrogen-bond donors (Lipinski definition) is 2. The monoisotopic (exact) mass is 464 g/mol. The Morgan fingerprint density at radius 2 is 1.59 bits per heavy atom. The molecule has 0 spiro atoms. The molecule has 0 fully saturated rings. The van der Waals surface area contributed by atoms with Crippen molar-refractivity contribution in [3.05, 3.63) is 89.6 Å². The summed E-state index contributed by atoms with van der Waals surface area (Å²) in [7, 11) is -3.11. The highest BCUT2D eigenvalue weighted by molar-refractivity contribution is 7.89.